The summed E-state index contributed by atoms with van der Waals surface area (Å²) in [6.45, 7) is 1.35. The van der Waals surface area contributed by atoms with Crippen molar-refractivity contribution in [1.82, 2.24) is 15.1 Å². The van der Waals surface area contributed by atoms with E-state index in [-0.39, 0.29) is 11.4 Å². The lowest BCUT2D eigenvalue weighted by molar-refractivity contribution is -0.120. The third kappa shape index (κ3) is 2.66. The SMILES string of the molecule is Cc1nn(CC(=O)NC(N)=O)c(=O)s1. The molecule has 0 unspecified atom stereocenters. The van der Waals surface area contributed by atoms with Crippen molar-refractivity contribution < 1.29 is 9.59 Å². The number of nitrogens with zero attached hydrogens (tertiary/aromatic N) is 2. The number of hydrogen-bond donors (Lipinski definition) is 2. The van der Waals surface area contributed by atoms with Crippen LogP contribution in [0.25, 0.3) is 0 Å². The van der Waals surface area contributed by atoms with Gasteiger partial charge in [-0.3, -0.25) is 14.9 Å². The summed E-state index contributed by atoms with van der Waals surface area (Å²) in [5.41, 5.74) is 4.71. The molecule has 8 heteroatoms. The molecule has 1 rings (SSSR count). The Labute approximate surface area is 82.5 Å². The number of nitrogens with two attached hydrogens (primary N) is 1. The van der Waals surface area contributed by atoms with Crippen molar-refractivity contribution in [1.29, 1.82) is 0 Å². The molecular weight excluding hydrogens is 208 g/mol. The van der Waals surface area contributed by atoms with E-state index in [0.717, 1.165) is 16.0 Å². The highest BCUT2D eigenvalue weighted by molar-refractivity contribution is 7.08. The van der Waals surface area contributed by atoms with Crippen LogP contribution in [-0.4, -0.2) is 21.7 Å². The lowest BCUT2D eigenvalue weighted by Crippen LogP contribution is -2.38. The molecule has 0 aliphatic carbocycles. The van der Waals surface area contributed by atoms with Crippen molar-refractivity contribution in [3.63, 3.8) is 0 Å². The van der Waals surface area contributed by atoms with Crippen molar-refractivity contribution in [2.75, 3.05) is 0 Å². The van der Waals surface area contributed by atoms with E-state index in [1.807, 2.05) is 5.32 Å². The summed E-state index contributed by atoms with van der Waals surface area (Å²) in [6, 6.07) is -0.949. The number of urea groups is 1. The van der Waals surface area contributed by atoms with Crippen LogP contribution in [0, 0.1) is 6.92 Å². The minimum Gasteiger partial charge on any atom is -0.351 e. The van der Waals surface area contributed by atoms with Crippen molar-refractivity contribution in [3.8, 4) is 0 Å². The molecule has 76 valence electrons. The van der Waals surface area contributed by atoms with E-state index in [0.29, 0.717) is 5.01 Å². The van der Waals surface area contributed by atoms with Crippen LogP contribution in [0.5, 0.6) is 0 Å². The summed E-state index contributed by atoms with van der Waals surface area (Å²) in [7, 11) is 0. The maximum atomic E-state index is 11.1. The van der Waals surface area contributed by atoms with Gasteiger partial charge in [-0.2, -0.15) is 5.10 Å². The third-order valence-electron chi connectivity index (χ3n) is 1.26. The van der Waals surface area contributed by atoms with E-state index in [1.165, 1.54) is 0 Å². The molecule has 0 aliphatic heterocycles. The first-order valence-corrected chi connectivity index (χ1v) is 4.44. The van der Waals surface area contributed by atoms with Gasteiger partial charge >= 0.3 is 10.9 Å². The number of nitrogens with one attached hydrogen (secondary N) is 1. The molecule has 0 bridgehead atoms. The molecule has 14 heavy (non-hydrogen) atoms. The van der Waals surface area contributed by atoms with Crippen LogP contribution < -0.4 is 15.9 Å². The Balaban J connectivity index is 2.69. The van der Waals surface area contributed by atoms with Gasteiger partial charge in [-0.05, 0) is 6.92 Å². The van der Waals surface area contributed by atoms with Crippen LogP contribution in [0.2, 0.25) is 0 Å². The number of aromatic nitrogens is 2. The first kappa shape index (κ1) is 10.4. The fraction of sp³-hybridized carbons (Fsp3) is 0.333. The fourth-order valence-electron chi connectivity index (χ4n) is 0.823. The molecule has 3 N–H and O–H groups in total. The molecule has 3 amide bonds. The van der Waals surface area contributed by atoms with Crippen LogP contribution in [0.4, 0.5) is 4.79 Å². The number of carbonyl (C=O) groups excluding carboxylic acids is 2. The molecule has 7 nitrogen and oxygen atoms in total. The van der Waals surface area contributed by atoms with Crippen LogP contribution in [-0.2, 0) is 11.3 Å². The smallest absolute Gasteiger partial charge is 0.325 e. The first-order chi connectivity index (χ1) is 6.49. The van der Waals surface area contributed by atoms with Gasteiger partial charge in [-0.25, -0.2) is 9.48 Å². The van der Waals surface area contributed by atoms with E-state index < -0.39 is 11.9 Å². The van der Waals surface area contributed by atoms with Crippen molar-refractivity contribution in [2.45, 2.75) is 13.5 Å². The molecule has 0 aliphatic rings. The average Bonchev–Trinajstić information content (AvgIpc) is 2.28. The average molecular weight is 216 g/mol. The Morgan fingerprint density at radius 3 is 2.71 bits per heavy atom. The lowest BCUT2D eigenvalue weighted by atomic mass is 10.6. The Morgan fingerprint density at radius 2 is 2.29 bits per heavy atom. The molecule has 1 aromatic rings. The molecule has 1 heterocycles. The number of aryl methyl sites for hydroxylation is 1. The standard InChI is InChI=1S/C6H8N4O3S/c1-3-9-10(6(13)14-3)2-4(11)8-5(7)12/h2H2,1H3,(H3,7,8,11,12). The number of imide groups is 1. The summed E-state index contributed by atoms with van der Waals surface area (Å²) < 4.78 is 0.971. The lowest BCUT2D eigenvalue weighted by Gasteiger charge is -1.98. The zero-order valence-corrected chi connectivity index (χ0v) is 8.13. The monoisotopic (exact) mass is 216 g/mol. The highest BCUT2D eigenvalue weighted by Gasteiger charge is 2.09. The maximum Gasteiger partial charge on any atom is 0.325 e. The van der Waals surface area contributed by atoms with Gasteiger partial charge in [0.05, 0.1) is 0 Å². The van der Waals surface area contributed by atoms with Crippen molar-refractivity contribution in [3.05, 3.63) is 14.7 Å². The molecule has 0 spiro atoms. The minimum absolute atomic E-state index is 0.299. The molecular formula is C6H8N4O3S. The summed E-state index contributed by atoms with van der Waals surface area (Å²) >= 11 is 0.930. The van der Waals surface area contributed by atoms with Gasteiger partial charge in [0.2, 0.25) is 5.91 Å². The maximum absolute atomic E-state index is 11.1. The van der Waals surface area contributed by atoms with Gasteiger partial charge in [0.1, 0.15) is 11.6 Å². The van der Waals surface area contributed by atoms with E-state index in [2.05, 4.69) is 5.10 Å². The summed E-state index contributed by atoms with van der Waals surface area (Å²) in [5, 5.41) is 6.16. The second-order valence-corrected chi connectivity index (χ2v) is 3.60. The quantitative estimate of drug-likeness (QED) is 0.648. The second kappa shape index (κ2) is 4.01. The van der Waals surface area contributed by atoms with Gasteiger partial charge in [-0.1, -0.05) is 11.3 Å². The predicted molar refractivity (Wildman–Crippen MR) is 48.8 cm³/mol. The van der Waals surface area contributed by atoms with Crippen LogP contribution in [0.3, 0.4) is 0 Å². The van der Waals surface area contributed by atoms with Gasteiger partial charge in [0, 0.05) is 0 Å². The van der Waals surface area contributed by atoms with Gasteiger partial charge in [0.25, 0.3) is 0 Å². The number of primary amides is 1. The largest absolute Gasteiger partial charge is 0.351 e. The zero-order valence-electron chi connectivity index (χ0n) is 7.31. The second-order valence-electron chi connectivity index (χ2n) is 2.46. The summed E-state index contributed by atoms with van der Waals surface area (Å²) in [4.78, 5) is 32.0. The molecule has 0 saturated heterocycles. The normalized spacial score (nSPS) is 9.79. The fourth-order valence-corrected chi connectivity index (χ4v) is 1.43. The number of carbonyl (C=O) groups is 2. The summed E-state index contributed by atoms with van der Waals surface area (Å²) in [6.07, 6.45) is 0. The molecule has 0 fully saturated rings. The predicted octanol–water partition coefficient (Wildman–Crippen LogP) is -1.19. The Bertz CT molecular complexity index is 421. The molecule has 0 saturated carbocycles. The molecule has 1 aromatic heterocycles. The molecule has 0 aromatic carbocycles. The van der Waals surface area contributed by atoms with E-state index in [4.69, 9.17) is 5.73 Å². The molecule has 0 radical (unpaired) electrons. The van der Waals surface area contributed by atoms with Crippen molar-refractivity contribution in [2.24, 2.45) is 5.73 Å². The first-order valence-electron chi connectivity index (χ1n) is 3.63. The van der Waals surface area contributed by atoms with Crippen LogP contribution >= 0.6 is 11.3 Å². The third-order valence-corrected chi connectivity index (χ3v) is 2.03. The van der Waals surface area contributed by atoms with E-state index in [1.54, 1.807) is 6.92 Å². The van der Waals surface area contributed by atoms with Gasteiger partial charge in [0.15, 0.2) is 0 Å². The Kier molecular flexibility index (Phi) is 2.97. The number of hydrogen-bond acceptors (Lipinski definition) is 5. The molecule has 0 atom stereocenters. The van der Waals surface area contributed by atoms with Crippen molar-refractivity contribution >= 4 is 23.3 Å². The highest BCUT2D eigenvalue weighted by atomic mass is 32.1. The van der Waals surface area contributed by atoms with Crippen LogP contribution in [0.1, 0.15) is 5.01 Å². The van der Waals surface area contributed by atoms with Gasteiger partial charge in [-0.15, -0.1) is 0 Å². The number of amides is 3. The van der Waals surface area contributed by atoms with Crippen LogP contribution in [0.15, 0.2) is 4.79 Å². The Morgan fingerprint density at radius 1 is 1.64 bits per heavy atom. The van der Waals surface area contributed by atoms with E-state index >= 15 is 0 Å². The Hall–Kier alpha value is -1.70. The van der Waals surface area contributed by atoms with E-state index in [9.17, 15) is 14.4 Å². The highest BCUT2D eigenvalue weighted by Crippen LogP contribution is 1.93. The zero-order chi connectivity index (χ0) is 10.7. The minimum atomic E-state index is -0.949. The topological polar surface area (TPSA) is 107 Å². The number of rotatable bonds is 2. The summed E-state index contributed by atoms with van der Waals surface area (Å²) in [5.74, 6) is -0.662. The van der Waals surface area contributed by atoms with Gasteiger partial charge < -0.3 is 5.73 Å².